The van der Waals surface area contributed by atoms with Gasteiger partial charge in [0.2, 0.25) is 5.91 Å². The second-order valence-corrected chi connectivity index (χ2v) is 6.72. The van der Waals surface area contributed by atoms with E-state index in [1.807, 2.05) is 12.1 Å². The largest absolute Gasteiger partial charge is 0.349 e. The molecule has 116 valence electrons. The van der Waals surface area contributed by atoms with Gasteiger partial charge in [0.15, 0.2) is 0 Å². The number of hydrogen-bond donors (Lipinski definition) is 2. The Bertz CT molecular complexity index is 490. The maximum absolute atomic E-state index is 12.8. The molecule has 1 aromatic carbocycles. The highest BCUT2D eigenvalue weighted by atomic mass is 16.2. The molecule has 0 aliphatic heterocycles. The second kappa shape index (κ2) is 6.61. The zero-order chi connectivity index (χ0) is 15.5. The Balaban J connectivity index is 2.08. The first-order valence-electron chi connectivity index (χ1n) is 8.05. The SMILES string of the molecule is Cc1ccccc1[C@@H](C)NC(=O)C1(CN)CCC(C)CC1. The van der Waals surface area contributed by atoms with Gasteiger partial charge in [-0.15, -0.1) is 0 Å². The number of carbonyl (C=O) groups excluding carboxylic acids is 1. The highest BCUT2D eigenvalue weighted by molar-refractivity contribution is 5.83. The highest BCUT2D eigenvalue weighted by Crippen LogP contribution is 2.38. The zero-order valence-corrected chi connectivity index (χ0v) is 13.5. The summed E-state index contributed by atoms with van der Waals surface area (Å²) in [5, 5.41) is 3.19. The number of amides is 1. The van der Waals surface area contributed by atoms with Gasteiger partial charge in [0.1, 0.15) is 0 Å². The summed E-state index contributed by atoms with van der Waals surface area (Å²) in [6.45, 7) is 6.84. The lowest BCUT2D eigenvalue weighted by Crippen LogP contribution is -2.48. The third kappa shape index (κ3) is 3.46. The molecular formula is C18H28N2O. The Morgan fingerprint density at radius 1 is 1.38 bits per heavy atom. The van der Waals surface area contributed by atoms with Gasteiger partial charge in [-0.1, -0.05) is 31.2 Å². The first-order valence-corrected chi connectivity index (χ1v) is 8.05. The van der Waals surface area contributed by atoms with Crippen LogP contribution in [0.15, 0.2) is 24.3 Å². The van der Waals surface area contributed by atoms with E-state index < -0.39 is 0 Å². The van der Waals surface area contributed by atoms with E-state index >= 15 is 0 Å². The van der Waals surface area contributed by atoms with Crippen LogP contribution in [0.3, 0.4) is 0 Å². The Kier molecular flexibility index (Phi) is 5.04. The molecule has 1 saturated carbocycles. The average Bonchev–Trinajstić information content (AvgIpc) is 2.48. The summed E-state index contributed by atoms with van der Waals surface area (Å²) < 4.78 is 0. The van der Waals surface area contributed by atoms with Crippen LogP contribution in [0.5, 0.6) is 0 Å². The Morgan fingerprint density at radius 2 is 2.00 bits per heavy atom. The van der Waals surface area contributed by atoms with Crippen molar-refractivity contribution in [3.8, 4) is 0 Å². The molecule has 1 aromatic rings. The van der Waals surface area contributed by atoms with Crippen molar-refractivity contribution in [1.29, 1.82) is 0 Å². The number of aryl methyl sites for hydroxylation is 1. The van der Waals surface area contributed by atoms with Crippen LogP contribution in [0.25, 0.3) is 0 Å². The van der Waals surface area contributed by atoms with E-state index in [1.54, 1.807) is 0 Å². The first-order chi connectivity index (χ1) is 9.98. The molecule has 0 bridgehead atoms. The molecule has 0 unspecified atom stereocenters. The molecule has 0 aromatic heterocycles. The van der Waals surface area contributed by atoms with Gasteiger partial charge in [-0.2, -0.15) is 0 Å². The molecule has 3 N–H and O–H groups in total. The van der Waals surface area contributed by atoms with E-state index in [0.29, 0.717) is 12.5 Å². The number of benzene rings is 1. The summed E-state index contributed by atoms with van der Waals surface area (Å²) in [5.41, 5.74) is 8.01. The molecule has 21 heavy (non-hydrogen) atoms. The Hall–Kier alpha value is -1.35. The summed E-state index contributed by atoms with van der Waals surface area (Å²) in [4.78, 5) is 12.8. The van der Waals surface area contributed by atoms with Crippen LogP contribution in [0, 0.1) is 18.3 Å². The maximum atomic E-state index is 12.8. The van der Waals surface area contributed by atoms with Crippen LogP contribution in [-0.4, -0.2) is 12.5 Å². The fourth-order valence-corrected chi connectivity index (χ4v) is 3.34. The zero-order valence-electron chi connectivity index (χ0n) is 13.5. The number of carbonyl (C=O) groups is 1. The number of nitrogens with one attached hydrogen (secondary N) is 1. The van der Waals surface area contributed by atoms with Crippen molar-refractivity contribution in [2.45, 2.75) is 52.5 Å². The van der Waals surface area contributed by atoms with Crippen molar-refractivity contribution in [3.63, 3.8) is 0 Å². The second-order valence-electron chi connectivity index (χ2n) is 6.72. The third-order valence-corrected chi connectivity index (χ3v) is 5.11. The standard InChI is InChI=1S/C18H28N2O/c1-13-8-10-18(12-19,11-9-13)17(21)20-15(3)16-7-5-4-6-14(16)2/h4-7,13,15H,8-12,19H2,1-3H3,(H,20,21)/t13?,15-,18?/m1/s1. The lowest BCUT2D eigenvalue weighted by molar-refractivity contribution is -0.133. The van der Waals surface area contributed by atoms with Gasteiger partial charge in [-0.05, 0) is 56.6 Å². The number of rotatable bonds is 4. The quantitative estimate of drug-likeness (QED) is 0.893. The average molecular weight is 288 g/mol. The van der Waals surface area contributed by atoms with Crippen molar-refractivity contribution < 1.29 is 4.79 Å². The molecule has 1 amide bonds. The number of hydrogen-bond acceptors (Lipinski definition) is 2. The number of nitrogens with two attached hydrogens (primary N) is 1. The highest BCUT2D eigenvalue weighted by Gasteiger charge is 2.40. The van der Waals surface area contributed by atoms with Crippen LogP contribution in [0.4, 0.5) is 0 Å². The van der Waals surface area contributed by atoms with Crippen LogP contribution in [-0.2, 0) is 4.79 Å². The van der Waals surface area contributed by atoms with Gasteiger partial charge in [-0.25, -0.2) is 0 Å². The molecule has 1 aliphatic carbocycles. The van der Waals surface area contributed by atoms with Crippen molar-refractivity contribution in [2.75, 3.05) is 6.54 Å². The summed E-state index contributed by atoms with van der Waals surface area (Å²) in [5.74, 6) is 0.846. The van der Waals surface area contributed by atoms with Crippen LogP contribution in [0.1, 0.15) is 56.7 Å². The van der Waals surface area contributed by atoms with Gasteiger partial charge in [0.25, 0.3) is 0 Å². The van der Waals surface area contributed by atoms with Crippen LogP contribution in [0.2, 0.25) is 0 Å². The van der Waals surface area contributed by atoms with Crippen LogP contribution < -0.4 is 11.1 Å². The van der Waals surface area contributed by atoms with E-state index in [-0.39, 0.29) is 17.4 Å². The fourth-order valence-electron chi connectivity index (χ4n) is 3.34. The Morgan fingerprint density at radius 3 is 2.57 bits per heavy atom. The summed E-state index contributed by atoms with van der Waals surface area (Å²) in [6.07, 6.45) is 4.03. The van der Waals surface area contributed by atoms with E-state index in [2.05, 4.69) is 38.2 Å². The molecule has 2 rings (SSSR count). The van der Waals surface area contributed by atoms with Gasteiger partial charge in [0.05, 0.1) is 11.5 Å². The fraction of sp³-hybridized carbons (Fsp3) is 0.611. The summed E-state index contributed by atoms with van der Waals surface area (Å²) >= 11 is 0. The van der Waals surface area contributed by atoms with Gasteiger partial charge < -0.3 is 11.1 Å². The summed E-state index contributed by atoms with van der Waals surface area (Å²) in [7, 11) is 0. The molecule has 0 heterocycles. The summed E-state index contributed by atoms with van der Waals surface area (Å²) in [6, 6.07) is 8.24. The maximum Gasteiger partial charge on any atom is 0.227 e. The topological polar surface area (TPSA) is 55.1 Å². The molecule has 0 radical (unpaired) electrons. The lowest BCUT2D eigenvalue weighted by atomic mass is 9.70. The normalized spacial score (nSPS) is 27.1. The molecule has 1 aliphatic rings. The van der Waals surface area contributed by atoms with Gasteiger partial charge in [0, 0.05) is 6.54 Å². The predicted octanol–water partition coefficient (Wildman–Crippen LogP) is 3.33. The van der Waals surface area contributed by atoms with Crippen molar-refractivity contribution >= 4 is 5.91 Å². The first kappa shape index (κ1) is 16.0. The van der Waals surface area contributed by atoms with Crippen LogP contribution >= 0.6 is 0 Å². The van der Waals surface area contributed by atoms with Crippen molar-refractivity contribution in [1.82, 2.24) is 5.32 Å². The molecule has 1 fully saturated rings. The molecule has 3 nitrogen and oxygen atoms in total. The minimum Gasteiger partial charge on any atom is -0.349 e. The van der Waals surface area contributed by atoms with Gasteiger partial charge in [-0.3, -0.25) is 4.79 Å². The minimum absolute atomic E-state index is 0.0291. The van der Waals surface area contributed by atoms with Gasteiger partial charge >= 0.3 is 0 Å². The van der Waals surface area contributed by atoms with E-state index in [1.165, 1.54) is 11.1 Å². The molecular weight excluding hydrogens is 260 g/mol. The molecule has 1 atom stereocenters. The van der Waals surface area contributed by atoms with E-state index in [0.717, 1.165) is 25.7 Å². The third-order valence-electron chi connectivity index (χ3n) is 5.11. The van der Waals surface area contributed by atoms with Crippen molar-refractivity contribution in [2.24, 2.45) is 17.1 Å². The monoisotopic (exact) mass is 288 g/mol. The van der Waals surface area contributed by atoms with Crippen molar-refractivity contribution in [3.05, 3.63) is 35.4 Å². The van der Waals surface area contributed by atoms with E-state index in [4.69, 9.17) is 5.73 Å². The lowest BCUT2D eigenvalue weighted by Gasteiger charge is -2.38. The smallest absolute Gasteiger partial charge is 0.227 e. The predicted molar refractivity (Wildman–Crippen MR) is 86.9 cm³/mol. The molecule has 0 spiro atoms. The molecule has 3 heteroatoms. The van der Waals surface area contributed by atoms with E-state index in [9.17, 15) is 4.79 Å². The molecule has 0 saturated heterocycles. The minimum atomic E-state index is -0.358. The Labute approximate surface area is 128 Å².